The third-order valence-corrected chi connectivity index (χ3v) is 2.66. The van der Waals surface area contributed by atoms with Crippen molar-refractivity contribution >= 4 is 11.4 Å². The second kappa shape index (κ2) is 5.43. The molecule has 112 valence electrons. The maximum absolute atomic E-state index is 12.6. The number of aryl methyl sites for hydroxylation is 1. The molecule has 0 aliphatic carbocycles. The van der Waals surface area contributed by atoms with E-state index in [1.807, 2.05) is 0 Å². The summed E-state index contributed by atoms with van der Waals surface area (Å²) < 4.78 is 42.5. The average Bonchev–Trinajstić information content (AvgIpc) is 2.80. The summed E-state index contributed by atoms with van der Waals surface area (Å²) in [6.07, 6.45) is -4.63. The molecule has 0 fully saturated rings. The summed E-state index contributed by atoms with van der Waals surface area (Å²) >= 11 is 0. The van der Waals surface area contributed by atoms with Gasteiger partial charge < -0.3 is 9.84 Å². The predicted molar refractivity (Wildman–Crippen MR) is 66.7 cm³/mol. The largest absolute Gasteiger partial charge is 0.416 e. The number of rotatable bonds is 4. The Balaban J connectivity index is 2.24. The van der Waals surface area contributed by atoms with Gasteiger partial charge in [-0.15, -0.1) is 0 Å². The Labute approximate surface area is 116 Å². The Kier molecular flexibility index (Phi) is 3.83. The number of hydrogen-bond acceptors (Lipinski definition) is 5. The van der Waals surface area contributed by atoms with Crippen LogP contribution in [-0.2, 0) is 12.7 Å². The van der Waals surface area contributed by atoms with Gasteiger partial charge in [0.1, 0.15) is 17.1 Å². The Hall–Kier alpha value is -2.58. The van der Waals surface area contributed by atoms with Crippen LogP contribution in [0.5, 0.6) is 0 Å². The summed E-state index contributed by atoms with van der Waals surface area (Å²) in [5, 5.41) is 17.2. The number of halogens is 3. The van der Waals surface area contributed by atoms with Crippen LogP contribution in [0.2, 0.25) is 0 Å². The van der Waals surface area contributed by atoms with E-state index in [2.05, 4.69) is 10.5 Å². The highest BCUT2D eigenvalue weighted by Crippen LogP contribution is 2.35. The van der Waals surface area contributed by atoms with E-state index in [1.54, 1.807) is 13.0 Å². The lowest BCUT2D eigenvalue weighted by molar-refractivity contribution is -0.384. The van der Waals surface area contributed by atoms with Crippen molar-refractivity contribution < 1.29 is 22.6 Å². The summed E-state index contributed by atoms with van der Waals surface area (Å²) in [4.78, 5) is 10.0. The van der Waals surface area contributed by atoms with Gasteiger partial charge in [0.15, 0.2) is 0 Å². The van der Waals surface area contributed by atoms with Crippen molar-refractivity contribution in [2.24, 2.45) is 0 Å². The molecular formula is C12H10F3N3O3. The van der Waals surface area contributed by atoms with E-state index in [4.69, 9.17) is 4.52 Å². The topological polar surface area (TPSA) is 81.2 Å². The van der Waals surface area contributed by atoms with E-state index < -0.39 is 22.4 Å². The molecule has 9 heteroatoms. The molecule has 0 saturated carbocycles. The van der Waals surface area contributed by atoms with Gasteiger partial charge in [-0.2, -0.15) is 13.2 Å². The zero-order chi connectivity index (χ0) is 15.6. The summed E-state index contributed by atoms with van der Waals surface area (Å²) in [6.45, 7) is 1.78. The van der Waals surface area contributed by atoms with E-state index in [-0.39, 0.29) is 12.2 Å². The zero-order valence-corrected chi connectivity index (χ0v) is 10.8. The van der Waals surface area contributed by atoms with Crippen LogP contribution in [0.4, 0.5) is 24.5 Å². The van der Waals surface area contributed by atoms with Crippen molar-refractivity contribution in [1.29, 1.82) is 0 Å². The molecule has 1 N–H and O–H groups in total. The van der Waals surface area contributed by atoms with E-state index in [1.165, 1.54) is 0 Å². The van der Waals surface area contributed by atoms with Gasteiger partial charge in [0, 0.05) is 12.1 Å². The van der Waals surface area contributed by atoms with Gasteiger partial charge in [-0.3, -0.25) is 10.1 Å². The van der Waals surface area contributed by atoms with E-state index in [0.717, 1.165) is 12.1 Å². The van der Waals surface area contributed by atoms with Crippen LogP contribution in [-0.4, -0.2) is 10.1 Å². The molecule has 2 rings (SSSR count). The summed E-state index contributed by atoms with van der Waals surface area (Å²) in [7, 11) is 0. The quantitative estimate of drug-likeness (QED) is 0.690. The first-order chi connectivity index (χ1) is 9.77. The van der Waals surface area contributed by atoms with Crippen molar-refractivity contribution in [3.8, 4) is 0 Å². The first kappa shape index (κ1) is 14.8. The number of aromatic nitrogens is 1. The number of nitrogens with one attached hydrogen (secondary N) is 1. The molecule has 1 heterocycles. The second-order valence-corrected chi connectivity index (χ2v) is 4.27. The van der Waals surface area contributed by atoms with Crippen molar-refractivity contribution in [1.82, 2.24) is 5.16 Å². The maximum Gasteiger partial charge on any atom is 0.416 e. The third-order valence-electron chi connectivity index (χ3n) is 2.66. The molecule has 1 aromatic carbocycles. The van der Waals surface area contributed by atoms with Crippen molar-refractivity contribution in [3.63, 3.8) is 0 Å². The minimum absolute atomic E-state index is 0.0198. The van der Waals surface area contributed by atoms with Crippen LogP contribution in [0.3, 0.4) is 0 Å². The van der Waals surface area contributed by atoms with Gasteiger partial charge in [-0.05, 0) is 19.1 Å². The molecule has 2 aromatic rings. The number of nitrogens with zero attached hydrogens (tertiary/aromatic N) is 2. The molecule has 0 bridgehead atoms. The highest BCUT2D eigenvalue weighted by Gasteiger charge is 2.33. The number of nitro groups is 1. The molecule has 0 amide bonds. The molecule has 0 saturated heterocycles. The smallest absolute Gasteiger partial charge is 0.374 e. The Morgan fingerprint density at radius 1 is 1.38 bits per heavy atom. The fourth-order valence-electron chi connectivity index (χ4n) is 1.70. The highest BCUT2D eigenvalue weighted by molar-refractivity contribution is 5.63. The first-order valence-corrected chi connectivity index (χ1v) is 5.79. The van der Waals surface area contributed by atoms with Gasteiger partial charge in [-0.25, -0.2) is 0 Å². The maximum atomic E-state index is 12.6. The minimum atomic E-state index is -4.63. The van der Waals surface area contributed by atoms with Crippen LogP contribution in [0.15, 0.2) is 28.8 Å². The minimum Gasteiger partial charge on any atom is -0.374 e. The van der Waals surface area contributed by atoms with Gasteiger partial charge in [-0.1, -0.05) is 5.16 Å². The lowest BCUT2D eigenvalue weighted by Crippen LogP contribution is -2.08. The molecule has 0 spiro atoms. The van der Waals surface area contributed by atoms with Crippen LogP contribution in [0, 0.1) is 17.0 Å². The molecule has 1 aromatic heterocycles. The standard InChI is InChI=1S/C12H10F3N3O3/c1-7-4-9(17-21-7)6-16-10-3-2-8(12(13,14)15)5-11(10)18(19)20/h2-5,16H,6H2,1H3. The molecule has 6 nitrogen and oxygen atoms in total. The molecule has 0 unspecified atom stereocenters. The summed E-state index contributed by atoms with van der Waals surface area (Å²) in [5.41, 5.74) is -1.25. The van der Waals surface area contributed by atoms with Crippen LogP contribution in [0.25, 0.3) is 0 Å². The monoisotopic (exact) mass is 301 g/mol. The van der Waals surface area contributed by atoms with Crippen molar-refractivity contribution in [2.75, 3.05) is 5.32 Å². The number of alkyl halides is 3. The normalized spacial score (nSPS) is 11.4. The number of nitro benzene ring substituents is 1. The van der Waals surface area contributed by atoms with Crippen molar-refractivity contribution in [3.05, 3.63) is 51.4 Å². The van der Waals surface area contributed by atoms with Gasteiger partial charge in [0.2, 0.25) is 0 Å². The number of anilines is 1. The number of benzene rings is 1. The van der Waals surface area contributed by atoms with Crippen LogP contribution < -0.4 is 5.32 Å². The fourth-order valence-corrected chi connectivity index (χ4v) is 1.70. The SMILES string of the molecule is Cc1cc(CNc2ccc(C(F)(F)F)cc2[N+](=O)[O-])no1. The lowest BCUT2D eigenvalue weighted by atomic mass is 10.1. The molecule has 0 radical (unpaired) electrons. The van der Waals surface area contributed by atoms with Crippen LogP contribution in [0.1, 0.15) is 17.0 Å². The van der Waals surface area contributed by atoms with Gasteiger partial charge in [0.05, 0.1) is 17.0 Å². The molecule has 0 aliphatic heterocycles. The van der Waals surface area contributed by atoms with Gasteiger partial charge >= 0.3 is 6.18 Å². The summed E-state index contributed by atoms with van der Waals surface area (Å²) in [5.74, 6) is 0.564. The lowest BCUT2D eigenvalue weighted by Gasteiger charge is -2.09. The van der Waals surface area contributed by atoms with E-state index in [0.29, 0.717) is 17.5 Å². The summed E-state index contributed by atoms with van der Waals surface area (Å²) in [6, 6.07) is 3.91. The second-order valence-electron chi connectivity index (χ2n) is 4.27. The zero-order valence-electron chi connectivity index (χ0n) is 10.8. The Morgan fingerprint density at radius 3 is 2.62 bits per heavy atom. The Morgan fingerprint density at radius 2 is 2.10 bits per heavy atom. The fraction of sp³-hybridized carbons (Fsp3) is 0.250. The number of hydrogen-bond donors (Lipinski definition) is 1. The predicted octanol–water partition coefficient (Wildman–Crippen LogP) is 3.52. The molecule has 0 aliphatic rings. The third kappa shape index (κ3) is 3.50. The molecule has 0 atom stereocenters. The van der Waals surface area contributed by atoms with Gasteiger partial charge in [0.25, 0.3) is 5.69 Å². The van der Waals surface area contributed by atoms with E-state index in [9.17, 15) is 23.3 Å². The molecule has 21 heavy (non-hydrogen) atoms. The van der Waals surface area contributed by atoms with E-state index >= 15 is 0 Å². The molecular weight excluding hydrogens is 291 g/mol. The Bertz CT molecular complexity index is 667. The van der Waals surface area contributed by atoms with Crippen molar-refractivity contribution in [2.45, 2.75) is 19.6 Å². The average molecular weight is 301 g/mol. The van der Waals surface area contributed by atoms with Crippen LogP contribution >= 0.6 is 0 Å². The highest BCUT2D eigenvalue weighted by atomic mass is 19.4. The first-order valence-electron chi connectivity index (χ1n) is 5.79.